The monoisotopic (exact) mass is 313 g/mol. The van der Waals surface area contributed by atoms with E-state index in [1.807, 2.05) is 27.7 Å². The summed E-state index contributed by atoms with van der Waals surface area (Å²) in [6.45, 7) is 9.40. The van der Waals surface area contributed by atoms with Crippen LogP contribution in [-0.2, 0) is 0 Å². The highest BCUT2D eigenvalue weighted by molar-refractivity contribution is 6.18. The maximum absolute atomic E-state index is 12.2. The van der Waals surface area contributed by atoms with Gasteiger partial charge in [-0.05, 0) is 37.5 Å². The molecule has 21 heavy (non-hydrogen) atoms. The average Bonchev–Trinajstić information content (AvgIpc) is 2.47. The van der Waals surface area contributed by atoms with Crippen LogP contribution >= 0.6 is 11.6 Å². The van der Waals surface area contributed by atoms with Crippen LogP contribution in [0.4, 0.5) is 0 Å². The Balaban J connectivity index is 2.82. The van der Waals surface area contributed by atoms with Gasteiger partial charge >= 0.3 is 0 Å². The van der Waals surface area contributed by atoms with E-state index in [-0.39, 0.29) is 11.3 Å². The highest BCUT2D eigenvalue weighted by Crippen LogP contribution is 2.28. The highest BCUT2D eigenvalue weighted by atomic mass is 35.5. The molecule has 4 nitrogen and oxygen atoms in total. The van der Waals surface area contributed by atoms with Gasteiger partial charge in [-0.1, -0.05) is 13.8 Å². The minimum atomic E-state index is -0.141. The fourth-order valence-corrected chi connectivity index (χ4v) is 1.76. The number of amides is 1. The molecule has 118 valence electrons. The van der Waals surface area contributed by atoms with Crippen molar-refractivity contribution in [2.75, 3.05) is 25.6 Å². The van der Waals surface area contributed by atoms with Gasteiger partial charge < -0.3 is 14.8 Å². The number of carbonyl (C=O) groups is 1. The van der Waals surface area contributed by atoms with Gasteiger partial charge in [-0.25, -0.2) is 0 Å². The first-order chi connectivity index (χ1) is 9.93. The fourth-order valence-electron chi connectivity index (χ4n) is 1.66. The molecule has 0 fully saturated rings. The number of carbonyl (C=O) groups excluding carboxylic acids is 1. The Morgan fingerprint density at radius 3 is 2.38 bits per heavy atom. The number of halogens is 1. The van der Waals surface area contributed by atoms with Crippen molar-refractivity contribution in [3.05, 3.63) is 23.8 Å². The molecule has 1 N–H and O–H groups in total. The molecule has 5 heteroatoms. The second-order valence-corrected chi connectivity index (χ2v) is 5.78. The van der Waals surface area contributed by atoms with E-state index in [0.29, 0.717) is 42.7 Å². The Morgan fingerprint density at radius 1 is 1.19 bits per heavy atom. The molecule has 1 rings (SSSR count). The van der Waals surface area contributed by atoms with Crippen LogP contribution in [0.1, 0.15) is 38.1 Å². The van der Waals surface area contributed by atoms with Crippen LogP contribution < -0.4 is 14.8 Å². The molecule has 0 heterocycles. The van der Waals surface area contributed by atoms with Gasteiger partial charge in [0.25, 0.3) is 5.91 Å². The van der Waals surface area contributed by atoms with Gasteiger partial charge in [-0.2, -0.15) is 0 Å². The third kappa shape index (κ3) is 5.46. The van der Waals surface area contributed by atoms with Crippen LogP contribution in [0.3, 0.4) is 0 Å². The Morgan fingerprint density at radius 2 is 1.81 bits per heavy atom. The number of benzene rings is 1. The van der Waals surface area contributed by atoms with E-state index in [4.69, 9.17) is 21.1 Å². The van der Waals surface area contributed by atoms with Crippen molar-refractivity contribution in [1.29, 1.82) is 0 Å². The number of ether oxygens (including phenoxy) is 2. The molecule has 1 amide bonds. The Kier molecular flexibility index (Phi) is 6.82. The van der Waals surface area contributed by atoms with Gasteiger partial charge in [0.05, 0.1) is 13.2 Å². The van der Waals surface area contributed by atoms with Crippen LogP contribution in [-0.4, -0.2) is 31.5 Å². The average molecular weight is 314 g/mol. The van der Waals surface area contributed by atoms with Crippen molar-refractivity contribution in [2.24, 2.45) is 5.41 Å². The topological polar surface area (TPSA) is 47.6 Å². The summed E-state index contributed by atoms with van der Waals surface area (Å²) in [5, 5.41) is 2.89. The number of nitrogens with one attached hydrogen (secondary N) is 1. The number of hydrogen-bond acceptors (Lipinski definition) is 3. The van der Waals surface area contributed by atoms with Crippen molar-refractivity contribution in [3.8, 4) is 11.5 Å². The van der Waals surface area contributed by atoms with Gasteiger partial charge in [0.15, 0.2) is 11.5 Å². The maximum atomic E-state index is 12.2. The third-order valence-electron chi connectivity index (χ3n) is 2.89. The summed E-state index contributed by atoms with van der Waals surface area (Å²) in [6, 6.07) is 5.20. The molecule has 0 bridgehead atoms. The van der Waals surface area contributed by atoms with Crippen molar-refractivity contribution in [2.45, 2.75) is 27.7 Å². The molecule has 0 saturated carbocycles. The Bertz CT molecular complexity index is 475. The first-order valence-electron chi connectivity index (χ1n) is 7.17. The van der Waals surface area contributed by atoms with Crippen LogP contribution in [0.2, 0.25) is 0 Å². The number of hydrogen-bond donors (Lipinski definition) is 1. The van der Waals surface area contributed by atoms with Crippen molar-refractivity contribution in [3.63, 3.8) is 0 Å². The second kappa shape index (κ2) is 8.13. The largest absolute Gasteiger partial charge is 0.490 e. The molecular weight excluding hydrogens is 290 g/mol. The van der Waals surface area contributed by atoms with E-state index < -0.39 is 0 Å². The predicted molar refractivity (Wildman–Crippen MR) is 85.6 cm³/mol. The van der Waals surface area contributed by atoms with E-state index in [0.717, 1.165) is 0 Å². The zero-order valence-electron chi connectivity index (χ0n) is 13.2. The normalized spacial score (nSPS) is 11.1. The quantitative estimate of drug-likeness (QED) is 0.747. The third-order valence-corrected chi connectivity index (χ3v) is 3.62. The number of rotatable bonds is 8. The lowest BCUT2D eigenvalue weighted by Gasteiger charge is -2.21. The zero-order chi connectivity index (χ0) is 15.9. The van der Waals surface area contributed by atoms with E-state index in [9.17, 15) is 4.79 Å². The molecule has 0 aliphatic rings. The van der Waals surface area contributed by atoms with Crippen molar-refractivity contribution < 1.29 is 14.3 Å². The molecule has 0 aliphatic heterocycles. The smallest absolute Gasteiger partial charge is 0.251 e. The highest BCUT2D eigenvalue weighted by Gasteiger charge is 2.18. The van der Waals surface area contributed by atoms with E-state index in [1.54, 1.807) is 18.2 Å². The molecule has 0 aliphatic carbocycles. The molecular formula is C16H24ClNO3. The van der Waals surface area contributed by atoms with Gasteiger partial charge in [-0.15, -0.1) is 11.6 Å². The first kappa shape index (κ1) is 17.6. The maximum Gasteiger partial charge on any atom is 0.251 e. The lowest BCUT2D eigenvalue weighted by atomic mass is 9.96. The molecule has 0 radical (unpaired) electrons. The number of alkyl halides is 1. The molecule has 1 aromatic rings. The molecule has 0 spiro atoms. The van der Waals surface area contributed by atoms with Crippen molar-refractivity contribution >= 4 is 17.5 Å². The van der Waals surface area contributed by atoms with Crippen LogP contribution in [0.25, 0.3) is 0 Å². The Hall–Kier alpha value is -1.42. The molecule has 1 aromatic carbocycles. The summed E-state index contributed by atoms with van der Waals surface area (Å²) in [7, 11) is 0. The van der Waals surface area contributed by atoms with Crippen LogP contribution in [0.5, 0.6) is 11.5 Å². The van der Waals surface area contributed by atoms with E-state index >= 15 is 0 Å². The minimum absolute atomic E-state index is 0.134. The van der Waals surface area contributed by atoms with Gasteiger partial charge in [-0.3, -0.25) is 4.79 Å². The zero-order valence-corrected chi connectivity index (χ0v) is 13.9. The van der Waals surface area contributed by atoms with Gasteiger partial charge in [0, 0.05) is 18.0 Å². The molecule has 0 atom stereocenters. The summed E-state index contributed by atoms with van der Waals surface area (Å²) >= 11 is 5.86. The standard InChI is InChI=1S/C16H24ClNO3/c1-5-20-13-8-7-12(9-14(13)21-6-2)15(19)18-11-16(3,4)10-17/h7-9H,5-6,10-11H2,1-4H3,(H,18,19). The molecule has 0 saturated heterocycles. The van der Waals surface area contributed by atoms with Gasteiger partial charge in [0.1, 0.15) is 0 Å². The lowest BCUT2D eigenvalue weighted by molar-refractivity contribution is 0.0939. The second-order valence-electron chi connectivity index (χ2n) is 5.51. The van der Waals surface area contributed by atoms with E-state index in [1.165, 1.54) is 0 Å². The summed E-state index contributed by atoms with van der Waals surface area (Å²) < 4.78 is 11.0. The first-order valence-corrected chi connectivity index (χ1v) is 7.70. The summed E-state index contributed by atoms with van der Waals surface area (Å²) in [5.41, 5.74) is 0.415. The Labute approximate surface area is 131 Å². The summed E-state index contributed by atoms with van der Waals surface area (Å²) in [4.78, 5) is 12.2. The molecule has 0 unspecified atom stereocenters. The van der Waals surface area contributed by atoms with Crippen LogP contribution in [0, 0.1) is 5.41 Å². The van der Waals surface area contributed by atoms with Crippen LogP contribution in [0.15, 0.2) is 18.2 Å². The SMILES string of the molecule is CCOc1ccc(C(=O)NCC(C)(C)CCl)cc1OCC. The minimum Gasteiger partial charge on any atom is -0.490 e. The lowest BCUT2D eigenvalue weighted by Crippen LogP contribution is -2.35. The predicted octanol–water partition coefficient (Wildman–Crippen LogP) is 3.48. The summed E-state index contributed by atoms with van der Waals surface area (Å²) in [5.74, 6) is 1.58. The van der Waals surface area contributed by atoms with Crippen molar-refractivity contribution in [1.82, 2.24) is 5.32 Å². The van der Waals surface area contributed by atoms with Gasteiger partial charge in [0.2, 0.25) is 0 Å². The summed E-state index contributed by atoms with van der Waals surface area (Å²) in [6.07, 6.45) is 0. The van der Waals surface area contributed by atoms with E-state index in [2.05, 4.69) is 5.32 Å². The molecule has 0 aromatic heterocycles. The fraction of sp³-hybridized carbons (Fsp3) is 0.562.